The van der Waals surface area contributed by atoms with Crippen LogP contribution in [0.3, 0.4) is 0 Å². The molecule has 1 N–H and O–H groups in total. The van der Waals surface area contributed by atoms with E-state index in [1.807, 2.05) is 32.9 Å². The minimum absolute atomic E-state index is 0.0422. The van der Waals surface area contributed by atoms with Crippen molar-refractivity contribution in [2.24, 2.45) is 0 Å². The summed E-state index contributed by atoms with van der Waals surface area (Å²) >= 11 is 1.46. The molecule has 0 spiro atoms. The maximum atomic E-state index is 12.1. The molecular weight excluding hydrogens is 258 g/mol. The fourth-order valence-corrected chi connectivity index (χ4v) is 3.15. The van der Waals surface area contributed by atoms with Crippen LogP contribution in [-0.2, 0) is 10.2 Å². The van der Waals surface area contributed by atoms with Gasteiger partial charge in [0.25, 0.3) is 0 Å². The van der Waals surface area contributed by atoms with Crippen molar-refractivity contribution in [2.75, 3.05) is 7.05 Å². The van der Waals surface area contributed by atoms with Crippen LogP contribution in [0.1, 0.15) is 37.1 Å². The minimum Gasteiger partial charge on any atom is -0.508 e. The number of aromatic hydroxyl groups is 1. The van der Waals surface area contributed by atoms with Crippen molar-refractivity contribution in [3.05, 3.63) is 40.9 Å². The molecule has 1 unspecified atom stereocenters. The van der Waals surface area contributed by atoms with Crippen molar-refractivity contribution in [3.8, 4) is 5.75 Å². The van der Waals surface area contributed by atoms with Crippen molar-refractivity contribution in [2.45, 2.75) is 31.4 Å². The van der Waals surface area contributed by atoms with Crippen molar-refractivity contribution < 1.29 is 9.90 Å². The molecule has 0 bridgehead atoms. The molecule has 2 rings (SSSR count). The van der Waals surface area contributed by atoms with Crippen molar-refractivity contribution in [3.63, 3.8) is 0 Å². The van der Waals surface area contributed by atoms with Gasteiger partial charge in [0.05, 0.1) is 5.03 Å². The molecule has 1 heterocycles. The van der Waals surface area contributed by atoms with Crippen LogP contribution in [0.5, 0.6) is 5.75 Å². The highest BCUT2D eigenvalue weighted by atomic mass is 32.2. The zero-order chi connectivity index (χ0) is 14.4. The van der Waals surface area contributed by atoms with E-state index in [9.17, 15) is 9.90 Å². The number of likely N-dealkylation sites (N-methyl/N-ethyl adjacent to an activating group) is 1. The second-order valence-corrected chi connectivity index (χ2v) is 6.99. The van der Waals surface area contributed by atoms with E-state index >= 15 is 0 Å². The Morgan fingerprint density at radius 1 is 1.37 bits per heavy atom. The number of hydrogen-bond acceptors (Lipinski definition) is 3. The largest absolute Gasteiger partial charge is 0.508 e. The fourth-order valence-electron chi connectivity index (χ4n) is 2.09. The lowest BCUT2D eigenvalue weighted by atomic mass is 9.85. The summed E-state index contributed by atoms with van der Waals surface area (Å²) in [6.07, 6.45) is 0. The molecule has 4 heteroatoms. The number of carbonyl (C=O) groups is 1. The lowest BCUT2D eigenvalue weighted by molar-refractivity contribution is -0.126. The molecule has 1 fully saturated rings. The number of nitrogens with zero attached hydrogens (tertiary/aromatic N) is 1. The van der Waals surface area contributed by atoms with E-state index in [4.69, 9.17) is 0 Å². The van der Waals surface area contributed by atoms with Gasteiger partial charge < -0.3 is 10.0 Å². The van der Waals surface area contributed by atoms with Gasteiger partial charge >= 0.3 is 0 Å². The van der Waals surface area contributed by atoms with Crippen LogP contribution in [0.2, 0.25) is 0 Å². The van der Waals surface area contributed by atoms with E-state index in [0.717, 1.165) is 16.2 Å². The van der Waals surface area contributed by atoms with Crippen LogP contribution in [0.15, 0.2) is 29.8 Å². The van der Waals surface area contributed by atoms with Crippen LogP contribution in [-0.4, -0.2) is 23.0 Å². The summed E-state index contributed by atoms with van der Waals surface area (Å²) in [6, 6.07) is 5.41. The highest BCUT2D eigenvalue weighted by Crippen LogP contribution is 2.44. The standard InChI is InChI=1S/C15H19NO2S/c1-9-16(5)14(18)13(19-9)10-6-7-12(17)11(8-10)15(2,3)4/h6-8,13,17H,1H2,2-5H3. The number of phenols is 1. The van der Waals surface area contributed by atoms with Gasteiger partial charge in [-0.25, -0.2) is 0 Å². The first-order valence-electron chi connectivity index (χ1n) is 6.18. The zero-order valence-corrected chi connectivity index (χ0v) is 12.5. The Labute approximate surface area is 118 Å². The summed E-state index contributed by atoms with van der Waals surface area (Å²) in [5.74, 6) is 0.319. The van der Waals surface area contributed by atoms with E-state index in [2.05, 4.69) is 6.58 Å². The molecule has 0 radical (unpaired) electrons. The molecule has 1 amide bonds. The van der Waals surface area contributed by atoms with E-state index in [0.29, 0.717) is 0 Å². The van der Waals surface area contributed by atoms with Gasteiger partial charge in [0.15, 0.2) is 0 Å². The second-order valence-electron chi connectivity index (χ2n) is 5.82. The Bertz CT molecular complexity index is 546. The molecule has 1 aromatic carbocycles. The number of carbonyl (C=O) groups excluding carboxylic acids is 1. The summed E-state index contributed by atoms with van der Waals surface area (Å²) < 4.78 is 0. The monoisotopic (exact) mass is 277 g/mol. The fraction of sp³-hybridized carbons (Fsp3) is 0.400. The Morgan fingerprint density at radius 2 is 2.00 bits per heavy atom. The van der Waals surface area contributed by atoms with Gasteiger partial charge in [-0.1, -0.05) is 45.2 Å². The normalized spacial score (nSPS) is 20.2. The first-order chi connectivity index (χ1) is 8.71. The zero-order valence-electron chi connectivity index (χ0n) is 11.7. The van der Waals surface area contributed by atoms with Crippen LogP contribution in [0.4, 0.5) is 0 Å². The van der Waals surface area contributed by atoms with Crippen LogP contribution >= 0.6 is 11.8 Å². The quantitative estimate of drug-likeness (QED) is 0.855. The number of phenolic OH excluding ortho intramolecular Hbond substituents is 1. The summed E-state index contributed by atoms with van der Waals surface area (Å²) in [5, 5.41) is 10.5. The van der Waals surface area contributed by atoms with Gasteiger partial charge in [0.2, 0.25) is 5.91 Å². The maximum Gasteiger partial charge on any atom is 0.245 e. The Balaban J connectivity index is 2.43. The van der Waals surface area contributed by atoms with Crippen molar-refractivity contribution >= 4 is 17.7 Å². The molecule has 0 aliphatic carbocycles. The first kappa shape index (κ1) is 14.0. The average Bonchev–Trinajstić information content (AvgIpc) is 2.56. The third-order valence-electron chi connectivity index (χ3n) is 3.31. The highest BCUT2D eigenvalue weighted by Gasteiger charge is 2.35. The highest BCUT2D eigenvalue weighted by molar-refractivity contribution is 8.04. The number of hydrogen-bond donors (Lipinski definition) is 1. The summed E-state index contributed by atoms with van der Waals surface area (Å²) in [4.78, 5) is 13.7. The number of benzene rings is 1. The van der Waals surface area contributed by atoms with Crippen molar-refractivity contribution in [1.82, 2.24) is 4.90 Å². The summed E-state index contributed by atoms with van der Waals surface area (Å²) in [7, 11) is 1.74. The molecule has 1 aliphatic heterocycles. The minimum atomic E-state index is -0.251. The van der Waals surface area contributed by atoms with E-state index in [1.54, 1.807) is 18.0 Å². The smallest absolute Gasteiger partial charge is 0.245 e. The predicted molar refractivity (Wildman–Crippen MR) is 79.0 cm³/mol. The number of thioether (sulfide) groups is 1. The van der Waals surface area contributed by atoms with Crippen LogP contribution < -0.4 is 0 Å². The molecule has 1 saturated heterocycles. The van der Waals surface area contributed by atoms with E-state index < -0.39 is 0 Å². The van der Waals surface area contributed by atoms with Gasteiger partial charge in [-0.3, -0.25) is 4.79 Å². The Kier molecular flexibility index (Phi) is 3.39. The molecule has 1 aromatic rings. The third kappa shape index (κ3) is 2.50. The number of amides is 1. The van der Waals surface area contributed by atoms with E-state index in [1.165, 1.54) is 11.8 Å². The predicted octanol–water partition coefficient (Wildman–Crippen LogP) is 3.41. The van der Waals surface area contributed by atoms with Crippen LogP contribution in [0, 0.1) is 0 Å². The van der Waals surface area contributed by atoms with Gasteiger partial charge in [-0.2, -0.15) is 0 Å². The molecule has 102 valence electrons. The maximum absolute atomic E-state index is 12.1. The SMILES string of the molecule is C=C1SC(c2ccc(O)c(C(C)(C)C)c2)C(=O)N1C. The number of rotatable bonds is 1. The molecular formula is C15H19NO2S. The Hall–Kier alpha value is -1.42. The molecule has 1 atom stereocenters. The van der Waals surface area contributed by atoms with Gasteiger partial charge in [0.1, 0.15) is 11.0 Å². The second kappa shape index (κ2) is 4.60. The first-order valence-corrected chi connectivity index (χ1v) is 7.06. The van der Waals surface area contributed by atoms with Crippen LogP contribution in [0.25, 0.3) is 0 Å². The topological polar surface area (TPSA) is 40.5 Å². The molecule has 3 nitrogen and oxygen atoms in total. The van der Waals surface area contributed by atoms with E-state index in [-0.39, 0.29) is 22.3 Å². The van der Waals surface area contributed by atoms with Gasteiger partial charge in [-0.05, 0) is 28.7 Å². The molecule has 0 saturated carbocycles. The average molecular weight is 277 g/mol. The third-order valence-corrected chi connectivity index (χ3v) is 4.57. The summed E-state index contributed by atoms with van der Waals surface area (Å²) in [6.45, 7) is 10.00. The van der Waals surface area contributed by atoms with Gasteiger partial charge in [0, 0.05) is 7.05 Å². The van der Waals surface area contributed by atoms with Gasteiger partial charge in [-0.15, -0.1) is 0 Å². The summed E-state index contributed by atoms with van der Waals surface area (Å²) in [5.41, 5.74) is 1.62. The molecule has 1 aliphatic rings. The molecule has 0 aromatic heterocycles. The molecule has 19 heavy (non-hydrogen) atoms. The Morgan fingerprint density at radius 3 is 2.47 bits per heavy atom. The lowest BCUT2D eigenvalue weighted by Gasteiger charge is -2.22. The van der Waals surface area contributed by atoms with Crippen molar-refractivity contribution in [1.29, 1.82) is 0 Å². The lowest BCUT2D eigenvalue weighted by Crippen LogP contribution is -2.21.